The predicted octanol–water partition coefficient (Wildman–Crippen LogP) is 2.93. The Kier molecular flexibility index (Phi) is 3.82. The van der Waals surface area contributed by atoms with Crippen molar-refractivity contribution in [1.29, 1.82) is 0 Å². The van der Waals surface area contributed by atoms with E-state index < -0.39 is 0 Å². The number of urea groups is 1. The van der Waals surface area contributed by atoms with Gasteiger partial charge >= 0.3 is 6.03 Å². The number of anilines is 1. The molecular formula is C16H16N4O. The second-order valence-electron chi connectivity index (χ2n) is 4.71. The molecule has 1 aromatic carbocycles. The summed E-state index contributed by atoms with van der Waals surface area (Å²) in [7, 11) is 0. The van der Waals surface area contributed by atoms with Gasteiger partial charge in [0, 0.05) is 29.8 Å². The number of amides is 2. The molecular weight excluding hydrogens is 264 g/mol. The summed E-state index contributed by atoms with van der Waals surface area (Å²) in [5.41, 5.74) is 2.31. The van der Waals surface area contributed by atoms with Crippen LogP contribution in [0.25, 0.3) is 10.9 Å². The average molecular weight is 280 g/mol. The normalized spacial score (nSPS) is 10.5. The average Bonchev–Trinajstić information content (AvgIpc) is 2.92. The van der Waals surface area contributed by atoms with E-state index >= 15 is 0 Å². The predicted molar refractivity (Wildman–Crippen MR) is 83.3 cm³/mol. The third-order valence-corrected chi connectivity index (χ3v) is 3.26. The van der Waals surface area contributed by atoms with Crippen LogP contribution in [-0.4, -0.2) is 22.5 Å². The molecule has 0 saturated heterocycles. The molecule has 21 heavy (non-hydrogen) atoms. The van der Waals surface area contributed by atoms with Crippen molar-refractivity contribution in [1.82, 2.24) is 15.3 Å². The molecule has 5 heteroatoms. The zero-order chi connectivity index (χ0) is 14.5. The molecule has 3 aromatic rings. The van der Waals surface area contributed by atoms with Crippen molar-refractivity contribution in [2.45, 2.75) is 6.42 Å². The first-order valence-corrected chi connectivity index (χ1v) is 6.84. The van der Waals surface area contributed by atoms with Gasteiger partial charge in [0.15, 0.2) is 0 Å². The van der Waals surface area contributed by atoms with E-state index in [0.29, 0.717) is 12.4 Å². The highest BCUT2D eigenvalue weighted by Crippen LogP contribution is 2.17. The van der Waals surface area contributed by atoms with Crippen LogP contribution in [0, 0.1) is 0 Å². The molecule has 3 rings (SSSR count). The minimum atomic E-state index is -0.242. The Labute approximate surface area is 122 Å². The zero-order valence-electron chi connectivity index (χ0n) is 11.5. The Hall–Kier alpha value is -2.82. The zero-order valence-corrected chi connectivity index (χ0v) is 11.5. The second kappa shape index (κ2) is 6.09. The number of pyridine rings is 1. The molecule has 2 heterocycles. The number of hydrogen-bond acceptors (Lipinski definition) is 2. The van der Waals surface area contributed by atoms with Crippen LogP contribution in [0.5, 0.6) is 0 Å². The van der Waals surface area contributed by atoms with Crippen molar-refractivity contribution in [3.63, 3.8) is 0 Å². The highest BCUT2D eigenvalue weighted by atomic mass is 16.2. The van der Waals surface area contributed by atoms with Crippen molar-refractivity contribution in [3.8, 4) is 0 Å². The smallest absolute Gasteiger partial charge is 0.320 e. The molecule has 0 bridgehead atoms. The van der Waals surface area contributed by atoms with E-state index in [1.54, 1.807) is 18.3 Å². The summed E-state index contributed by atoms with van der Waals surface area (Å²) in [6, 6.07) is 13.3. The van der Waals surface area contributed by atoms with Gasteiger partial charge in [0.25, 0.3) is 0 Å². The van der Waals surface area contributed by atoms with Gasteiger partial charge < -0.3 is 10.3 Å². The lowest BCUT2D eigenvalue weighted by molar-refractivity contribution is 0.252. The molecule has 3 N–H and O–H groups in total. The van der Waals surface area contributed by atoms with Crippen LogP contribution in [0.1, 0.15) is 5.56 Å². The lowest BCUT2D eigenvalue weighted by Crippen LogP contribution is -2.30. The number of fused-ring (bicyclic) bond motifs is 1. The van der Waals surface area contributed by atoms with Crippen molar-refractivity contribution >= 4 is 22.8 Å². The molecule has 106 valence electrons. The van der Waals surface area contributed by atoms with Crippen LogP contribution in [-0.2, 0) is 6.42 Å². The van der Waals surface area contributed by atoms with Crippen molar-refractivity contribution in [3.05, 3.63) is 60.4 Å². The fraction of sp³-hybridized carbons (Fsp3) is 0.125. The maximum Gasteiger partial charge on any atom is 0.320 e. The number of aromatic amines is 1. The van der Waals surface area contributed by atoms with Gasteiger partial charge in [-0.2, -0.15) is 0 Å². The topological polar surface area (TPSA) is 69.8 Å². The SMILES string of the molecule is O=C(NCCc1c[nH]c2ccccc12)Nc1ccccn1. The van der Waals surface area contributed by atoms with Crippen LogP contribution >= 0.6 is 0 Å². The molecule has 0 aliphatic carbocycles. The standard InChI is InChI=1S/C16H16N4O/c21-16(20-15-7-3-4-9-17-15)18-10-8-12-11-19-14-6-2-1-5-13(12)14/h1-7,9,11,19H,8,10H2,(H2,17,18,20,21). The minimum absolute atomic E-state index is 0.242. The molecule has 0 unspecified atom stereocenters. The fourth-order valence-electron chi connectivity index (χ4n) is 2.25. The van der Waals surface area contributed by atoms with Gasteiger partial charge in [-0.1, -0.05) is 24.3 Å². The van der Waals surface area contributed by atoms with Gasteiger partial charge in [0.2, 0.25) is 0 Å². The van der Waals surface area contributed by atoms with Crippen LogP contribution in [0.4, 0.5) is 10.6 Å². The summed E-state index contributed by atoms with van der Waals surface area (Å²) >= 11 is 0. The number of carbonyl (C=O) groups excluding carboxylic acids is 1. The van der Waals surface area contributed by atoms with Crippen molar-refractivity contribution < 1.29 is 4.79 Å². The molecule has 0 radical (unpaired) electrons. The molecule has 0 fully saturated rings. The fourth-order valence-corrected chi connectivity index (χ4v) is 2.25. The Morgan fingerprint density at radius 2 is 2.00 bits per heavy atom. The number of nitrogens with zero attached hydrogens (tertiary/aromatic N) is 1. The van der Waals surface area contributed by atoms with E-state index in [2.05, 4.69) is 26.7 Å². The van der Waals surface area contributed by atoms with Crippen LogP contribution in [0.2, 0.25) is 0 Å². The lowest BCUT2D eigenvalue weighted by atomic mass is 10.1. The maximum atomic E-state index is 11.7. The molecule has 0 spiro atoms. The molecule has 2 aromatic heterocycles. The number of H-pyrrole nitrogens is 1. The van der Waals surface area contributed by atoms with Gasteiger partial charge in [-0.05, 0) is 30.2 Å². The highest BCUT2D eigenvalue weighted by Gasteiger charge is 2.04. The quantitative estimate of drug-likeness (QED) is 0.687. The molecule has 5 nitrogen and oxygen atoms in total. The molecule has 0 aliphatic heterocycles. The van der Waals surface area contributed by atoms with Crippen LogP contribution < -0.4 is 10.6 Å². The monoisotopic (exact) mass is 280 g/mol. The first-order valence-electron chi connectivity index (χ1n) is 6.84. The number of para-hydroxylation sites is 1. The summed E-state index contributed by atoms with van der Waals surface area (Å²) in [5, 5.41) is 6.72. The number of benzene rings is 1. The minimum Gasteiger partial charge on any atom is -0.361 e. The van der Waals surface area contributed by atoms with Crippen LogP contribution in [0.3, 0.4) is 0 Å². The van der Waals surface area contributed by atoms with Gasteiger partial charge in [-0.3, -0.25) is 5.32 Å². The van der Waals surface area contributed by atoms with E-state index in [0.717, 1.165) is 11.9 Å². The summed E-state index contributed by atoms with van der Waals surface area (Å²) in [5.74, 6) is 0.544. The summed E-state index contributed by atoms with van der Waals surface area (Å²) in [6.07, 6.45) is 4.41. The number of nitrogens with one attached hydrogen (secondary N) is 3. The van der Waals surface area contributed by atoms with Crippen molar-refractivity contribution in [2.75, 3.05) is 11.9 Å². The van der Waals surface area contributed by atoms with Gasteiger partial charge in [-0.15, -0.1) is 0 Å². The van der Waals surface area contributed by atoms with E-state index in [1.807, 2.05) is 30.5 Å². The number of hydrogen-bond donors (Lipinski definition) is 3. The number of aromatic nitrogens is 2. The van der Waals surface area contributed by atoms with Gasteiger partial charge in [0.05, 0.1) is 0 Å². The van der Waals surface area contributed by atoms with Crippen molar-refractivity contribution in [2.24, 2.45) is 0 Å². The first-order chi connectivity index (χ1) is 10.3. The van der Waals surface area contributed by atoms with Gasteiger partial charge in [-0.25, -0.2) is 9.78 Å². The highest BCUT2D eigenvalue weighted by molar-refractivity contribution is 5.88. The third-order valence-electron chi connectivity index (χ3n) is 3.26. The number of carbonyl (C=O) groups is 1. The Morgan fingerprint density at radius 1 is 1.14 bits per heavy atom. The largest absolute Gasteiger partial charge is 0.361 e. The molecule has 0 saturated carbocycles. The second-order valence-corrected chi connectivity index (χ2v) is 4.71. The summed E-state index contributed by atoms with van der Waals surface area (Å²) < 4.78 is 0. The Bertz CT molecular complexity index is 736. The molecule has 0 aliphatic rings. The van der Waals surface area contributed by atoms with Crippen LogP contribution in [0.15, 0.2) is 54.9 Å². The Balaban J connectivity index is 1.53. The van der Waals surface area contributed by atoms with Gasteiger partial charge in [0.1, 0.15) is 5.82 Å². The lowest BCUT2D eigenvalue weighted by Gasteiger charge is -2.06. The van der Waals surface area contributed by atoms with E-state index in [1.165, 1.54) is 10.9 Å². The summed E-state index contributed by atoms with van der Waals surface area (Å²) in [6.45, 7) is 0.570. The maximum absolute atomic E-state index is 11.7. The Morgan fingerprint density at radius 3 is 2.86 bits per heavy atom. The third kappa shape index (κ3) is 3.20. The molecule has 0 atom stereocenters. The first kappa shape index (κ1) is 13.2. The number of rotatable bonds is 4. The van der Waals surface area contributed by atoms with E-state index in [4.69, 9.17) is 0 Å². The summed E-state index contributed by atoms with van der Waals surface area (Å²) in [4.78, 5) is 19.0. The molecule has 2 amide bonds. The van der Waals surface area contributed by atoms with E-state index in [9.17, 15) is 4.79 Å². The van der Waals surface area contributed by atoms with E-state index in [-0.39, 0.29) is 6.03 Å².